The van der Waals surface area contributed by atoms with Crippen molar-refractivity contribution in [3.05, 3.63) is 24.0 Å². The summed E-state index contributed by atoms with van der Waals surface area (Å²) in [4.78, 5) is 18.3. The number of carbonyl (C=O) groups excluding carboxylic acids is 1. The highest BCUT2D eigenvalue weighted by molar-refractivity contribution is 5.68. The molecule has 0 saturated heterocycles. The van der Waals surface area contributed by atoms with Crippen LogP contribution >= 0.6 is 0 Å². The molecule has 4 nitrogen and oxygen atoms in total. The highest BCUT2D eigenvalue weighted by atomic mass is 16.7. The molecule has 2 N–H and O–H groups in total. The van der Waals surface area contributed by atoms with Gasteiger partial charge in [-0.1, -0.05) is 6.92 Å². The Morgan fingerprint density at radius 2 is 2.58 bits per heavy atom. The molecule has 0 aliphatic heterocycles. The summed E-state index contributed by atoms with van der Waals surface area (Å²) in [5.41, 5.74) is 3.54. The lowest BCUT2D eigenvalue weighted by Gasteiger charge is -2.01. The molecule has 0 aliphatic rings. The van der Waals surface area contributed by atoms with Crippen molar-refractivity contribution in [1.29, 1.82) is 0 Å². The van der Waals surface area contributed by atoms with Crippen LogP contribution in [0.25, 0.3) is 0 Å². The number of aromatic amines is 1. The van der Waals surface area contributed by atoms with Crippen molar-refractivity contribution < 1.29 is 9.63 Å². The second kappa shape index (κ2) is 4.56. The Bertz CT molecular complexity index is 231. The van der Waals surface area contributed by atoms with Crippen molar-refractivity contribution >= 4 is 5.97 Å². The van der Waals surface area contributed by atoms with Crippen molar-refractivity contribution in [2.75, 3.05) is 0 Å². The molecule has 0 spiro atoms. The predicted octanol–water partition coefficient (Wildman–Crippen LogP) is 0.972. The van der Waals surface area contributed by atoms with E-state index in [-0.39, 0.29) is 5.97 Å². The smallest absolute Gasteiger partial charge is 0.324 e. The maximum atomic E-state index is 10.6. The third-order valence-corrected chi connectivity index (χ3v) is 1.40. The highest BCUT2D eigenvalue weighted by Gasteiger charge is 1.97. The third-order valence-electron chi connectivity index (χ3n) is 1.40. The topological polar surface area (TPSA) is 54.1 Å². The van der Waals surface area contributed by atoms with Gasteiger partial charge in [-0.25, -0.2) is 0 Å². The van der Waals surface area contributed by atoms with Crippen LogP contribution in [0, 0.1) is 0 Å². The van der Waals surface area contributed by atoms with Crippen LogP contribution in [0.15, 0.2) is 18.3 Å². The van der Waals surface area contributed by atoms with Gasteiger partial charge in [0.1, 0.15) is 0 Å². The van der Waals surface area contributed by atoms with Gasteiger partial charge in [0.05, 0.1) is 6.54 Å². The molecule has 66 valence electrons. The quantitative estimate of drug-likeness (QED) is 0.659. The van der Waals surface area contributed by atoms with E-state index in [1.54, 1.807) is 6.92 Å². The summed E-state index contributed by atoms with van der Waals surface area (Å²) in [7, 11) is 0. The molecule has 1 aromatic rings. The average Bonchev–Trinajstić information content (AvgIpc) is 2.57. The number of carbonyl (C=O) groups is 1. The van der Waals surface area contributed by atoms with E-state index < -0.39 is 0 Å². The number of rotatable bonds is 4. The number of hydroxylamine groups is 1. The van der Waals surface area contributed by atoms with Crippen LogP contribution in [0.1, 0.15) is 19.0 Å². The highest BCUT2D eigenvalue weighted by Crippen LogP contribution is 1.92. The SMILES string of the molecule is CCC(=O)ONCc1ccc[nH]1. The normalized spacial score (nSPS) is 9.75. The van der Waals surface area contributed by atoms with Crippen LogP contribution in [-0.2, 0) is 16.2 Å². The first kappa shape index (κ1) is 8.80. The van der Waals surface area contributed by atoms with Gasteiger partial charge in [-0.2, -0.15) is 0 Å². The van der Waals surface area contributed by atoms with Crippen LogP contribution in [-0.4, -0.2) is 11.0 Å². The lowest BCUT2D eigenvalue weighted by Crippen LogP contribution is -2.18. The summed E-state index contributed by atoms with van der Waals surface area (Å²) < 4.78 is 0. The molecule has 12 heavy (non-hydrogen) atoms. The van der Waals surface area contributed by atoms with Gasteiger partial charge in [0.15, 0.2) is 0 Å². The van der Waals surface area contributed by atoms with Gasteiger partial charge in [-0.05, 0) is 12.1 Å². The number of aromatic nitrogens is 1. The molecule has 0 aliphatic carbocycles. The minimum Gasteiger partial charge on any atom is -0.370 e. The molecule has 0 bridgehead atoms. The molecule has 1 aromatic heterocycles. The molecule has 4 heteroatoms. The zero-order chi connectivity index (χ0) is 8.81. The van der Waals surface area contributed by atoms with E-state index in [0.717, 1.165) is 5.69 Å². The van der Waals surface area contributed by atoms with Crippen LogP contribution < -0.4 is 5.48 Å². The largest absolute Gasteiger partial charge is 0.370 e. The molecule has 1 heterocycles. The molecular formula is C8H12N2O2. The number of nitrogens with one attached hydrogen (secondary N) is 2. The van der Waals surface area contributed by atoms with Gasteiger partial charge in [-0.3, -0.25) is 4.79 Å². The third kappa shape index (κ3) is 2.75. The van der Waals surface area contributed by atoms with Gasteiger partial charge in [0.2, 0.25) is 0 Å². The molecule has 0 radical (unpaired) electrons. The summed E-state index contributed by atoms with van der Waals surface area (Å²) in [5, 5.41) is 0. The van der Waals surface area contributed by atoms with E-state index in [9.17, 15) is 4.79 Å². The van der Waals surface area contributed by atoms with E-state index in [2.05, 4.69) is 15.3 Å². The van der Waals surface area contributed by atoms with Gasteiger partial charge in [0, 0.05) is 18.3 Å². The van der Waals surface area contributed by atoms with Crippen molar-refractivity contribution in [3.8, 4) is 0 Å². The van der Waals surface area contributed by atoms with Gasteiger partial charge >= 0.3 is 5.97 Å². The van der Waals surface area contributed by atoms with E-state index in [1.165, 1.54) is 0 Å². The molecule has 0 saturated carbocycles. The van der Waals surface area contributed by atoms with Gasteiger partial charge in [-0.15, -0.1) is 5.48 Å². The Hall–Kier alpha value is -1.29. The summed E-state index contributed by atoms with van der Waals surface area (Å²) in [6, 6.07) is 3.80. The van der Waals surface area contributed by atoms with Crippen molar-refractivity contribution in [1.82, 2.24) is 10.5 Å². The maximum absolute atomic E-state index is 10.6. The summed E-state index contributed by atoms with van der Waals surface area (Å²) >= 11 is 0. The zero-order valence-electron chi connectivity index (χ0n) is 6.96. The molecular weight excluding hydrogens is 156 g/mol. The Kier molecular flexibility index (Phi) is 3.35. The summed E-state index contributed by atoms with van der Waals surface area (Å²) in [6.07, 6.45) is 2.20. The first-order valence-electron chi connectivity index (χ1n) is 3.87. The molecule has 0 atom stereocenters. The maximum Gasteiger partial charge on any atom is 0.324 e. The fraction of sp³-hybridized carbons (Fsp3) is 0.375. The molecule has 1 rings (SSSR count). The first-order chi connectivity index (χ1) is 5.83. The van der Waals surface area contributed by atoms with Crippen molar-refractivity contribution in [2.24, 2.45) is 0 Å². The zero-order valence-corrected chi connectivity index (χ0v) is 6.96. The lowest BCUT2D eigenvalue weighted by molar-refractivity contribution is -0.151. The van der Waals surface area contributed by atoms with Gasteiger partial charge < -0.3 is 9.82 Å². The molecule has 0 fully saturated rings. The van der Waals surface area contributed by atoms with Crippen LogP contribution in [0.2, 0.25) is 0 Å². The number of hydrogen-bond donors (Lipinski definition) is 2. The van der Waals surface area contributed by atoms with Crippen molar-refractivity contribution in [2.45, 2.75) is 19.9 Å². The Labute approximate surface area is 70.9 Å². The average molecular weight is 168 g/mol. The van der Waals surface area contributed by atoms with Crippen LogP contribution in [0.3, 0.4) is 0 Å². The Morgan fingerprint density at radius 1 is 1.75 bits per heavy atom. The number of H-pyrrole nitrogens is 1. The molecule has 0 amide bonds. The standard InChI is InChI=1S/C8H12N2O2/c1-2-8(11)12-10-6-7-4-3-5-9-7/h3-5,9-10H,2,6H2,1H3. The lowest BCUT2D eigenvalue weighted by atomic mass is 10.4. The second-order valence-electron chi connectivity index (χ2n) is 2.34. The van der Waals surface area contributed by atoms with E-state index in [0.29, 0.717) is 13.0 Å². The predicted molar refractivity (Wildman–Crippen MR) is 44.0 cm³/mol. The molecule has 0 unspecified atom stereocenters. The summed E-state index contributed by atoms with van der Waals surface area (Å²) in [5.74, 6) is -0.249. The van der Waals surface area contributed by atoms with E-state index in [1.807, 2.05) is 18.3 Å². The monoisotopic (exact) mass is 168 g/mol. The van der Waals surface area contributed by atoms with Crippen LogP contribution in [0.5, 0.6) is 0 Å². The van der Waals surface area contributed by atoms with E-state index >= 15 is 0 Å². The minimum absolute atomic E-state index is 0.249. The van der Waals surface area contributed by atoms with Crippen LogP contribution in [0.4, 0.5) is 0 Å². The minimum atomic E-state index is -0.249. The van der Waals surface area contributed by atoms with Crippen molar-refractivity contribution in [3.63, 3.8) is 0 Å². The second-order valence-corrected chi connectivity index (χ2v) is 2.34. The number of hydrogen-bond acceptors (Lipinski definition) is 3. The Morgan fingerprint density at radius 3 is 3.17 bits per heavy atom. The summed E-state index contributed by atoms with van der Waals surface area (Å²) in [6.45, 7) is 2.26. The Balaban J connectivity index is 2.15. The van der Waals surface area contributed by atoms with E-state index in [4.69, 9.17) is 0 Å². The fourth-order valence-corrected chi connectivity index (χ4v) is 0.744. The molecule has 0 aromatic carbocycles. The first-order valence-corrected chi connectivity index (χ1v) is 3.87. The fourth-order valence-electron chi connectivity index (χ4n) is 0.744. The van der Waals surface area contributed by atoms with Gasteiger partial charge in [0.25, 0.3) is 0 Å².